The van der Waals surface area contributed by atoms with Crippen molar-refractivity contribution in [3.05, 3.63) is 54.6 Å². The summed E-state index contributed by atoms with van der Waals surface area (Å²) in [6, 6.07) is 17.8. The number of ether oxygens (including phenoxy) is 1. The average molecular weight is 480 g/mol. The predicted molar refractivity (Wildman–Crippen MR) is 132 cm³/mol. The van der Waals surface area contributed by atoms with Crippen LogP contribution in [0.5, 0.6) is 5.75 Å². The van der Waals surface area contributed by atoms with Crippen LogP contribution in [0.4, 0.5) is 0 Å². The molecule has 1 aliphatic rings. The summed E-state index contributed by atoms with van der Waals surface area (Å²) in [7, 11) is 1.65. The number of piperazine rings is 1. The Kier molecular flexibility index (Phi) is 7.84. The van der Waals surface area contributed by atoms with Crippen LogP contribution in [0, 0.1) is 0 Å². The number of aromatic nitrogens is 3. The zero-order valence-electron chi connectivity index (χ0n) is 19.5. The number of rotatable bonds is 8. The van der Waals surface area contributed by atoms with Crippen LogP contribution in [0.2, 0.25) is 0 Å². The molecule has 0 unspecified atom stereocenters. The van der Waals surface area contributed by atoms with Gasteiger partial charge in [-0.05, 0) is 30.7 Å². The van der Waals surface area contributed by atoms with Crippen molar-refractivity contribution < 1.29 is 14.3 Å². The van der Waals surface area contributed by atoms with Crippen LogP contribution in [-0.2, 0) is 9.59 Å². The number of nitrogens with zero attached hydrogens (tertiary/aromatic N) is 5. The van der Waals surface area contributed by atoms with Crippen molar-refractivity contribution in [3.63, 3.8) is 0 Å². The third-order valence-corrected chi connectivity index (χ3v) is 6.83. The van der Waals surface area contributed by atoms with Gasteiger partial charge in [-0.25, -0.2) is 0 Å². The van der Waals surface area contributed by atoms with Gasteiger partial charge < -0.3 is 14.5 Å². The summed E-state index contributed by atoms with van der Waals surface area (Å²) in [5.41, 5.74) is 1.90. The monoisotopic (exact) mass is 479 g/mol. The highest BCUT2D eigenvalue weighted by Crippen LogP contribution is 2.30. The molecule has 0 atom stereocenters. The van der Waals surface area contributed by atoms with E-state index in [1.165, 1.54) is 0 Å². The Balaban J connectivity index is 1.41. The minimum absolute atomic E-state index is 0.0688. The predicted octanol–water partition coefficient (Wildman–Crippen LogP) is 3.51. The molecule has 0 bridgehead atoms. The Labute approximate surface area is 203 Å². The minimum Gasteiger partial charge on any atom is -0.497 e. The van der Waals surface area contributed by atoms with Crippen LogP contribution in [0.1, 0.15) is 19.8 Å². The molecule has 1 aromatic heterocycles. The number of carbonyl (C=O) groups is 2. The number of para-hydroxylation sites is 1. The highest BCUT2D eigenvalue weighted by molar-refractivity contribution is 7.99. The summed E-state index contributed by atoms with van der Waals surface area (Å²) >= 11 is 1.59. The van der Waals surface area contributed by atoms with E-state index in [0.29, 0.717) is 32.6 Å². The van der Waals surface area contributed by atoms with E-state index in [9.17, 15) is 9.59 Å². The van der Waals surface area contributed by atoms with E-state index in [-0.39, 0.29) is 11.8 Å². The van der Waals surface area contributed by atoms with Gasteiger partial charge in [-0.2, -0.15) is 0 Å². The van der Waals surface area contributed by atoms with Gasteiger partial charge in [0.05, 0.1) is 7.11 Å². The number of carbonyl (C=O) groups excluding carboxylic acids is 2. The standard InChI is InChI=1S/C25H29N5O3S/c1-19(31)28-13-15-29(16-14-28)23(32)12-7-17-34-25-27-26-24(20-8-6-11-22(18-20)33-2)30(25)21-9-4-3-5-10-21/h3-6,8-11,18H,7,12-17H2,1-2H3. The summed E-state index contributed by atoms with van der Waals surface area (Å²) in [6.07, 6.45) is 1.22. The molecule has 8 nitrogen and oxygen atoms in total. The van der Waals surface area contributed by atoms with Gasteiger partial charge in [-0.15, -0.1) is 10.2 Å². The van der Waals surface area contributed by atoms with Gasteiger partial charge in [0, 0.05) is 56.5 Å². The Hall–Kier alpha value is -3.33. The molecule has 0 radical (unpaired) electrons. The Bertz CT molecular complexity index is 1130. The van der Waals surface area contributed by atoms with Crippen LogP contribution in [-0.4, -0.2) is 75.4 Å². The van der Waals surface area contributed by atoms with E-state index >= 15 is 0 Å². The van der Waals surface area contributed by atoms with Gasteiger partial charge in [0.25, 0.3) is 0 Å². The molecule has 1 fully saturated rings. The molecule has 2 heterocycles. The summed E-state index contributed by atoms with van der Waals surface area (Å²) in [5.74, 6) is 2.47. The average Bonchev–Trinajstić information content (AvgIpc) is 3.31. The first kappa shape index (κ1) is 23.8. The van der Waals surface area contributed by atoms with Gasteiger partial charge in [0.1, 0.15) is 5.75 Å². The second kappa shape index (κ2) is 11.2. The Morgan fingerprint density at radius 1 is 0.971 bits per heavy atom. The number of hydrogen-bond donors (Lipinski definition) is 0. The summed E-state index contributed by atoms with van der Waals surface area (Å²) in [6.45, 7) is 4.02. The van der Waals surface area contributed by atoms with Crippen LogP contribution in [0.15, 0.2) is 59.8 Å². The third kappa shape index (κ3) is 5.59. The van der Waals surface area contributed by atoms with E-state index in [1.54, 1.807) is 30.7 Å². The molecule has 3 aromatic rings. The van der Waals surface area contributed by atoms with Gasteiger partial charge in [0.2, 0.25) is 11.8 Å². The van der Waals surface area contributed by atoms with E-state index < -0.39 is 0 Å². The first-order chi connectivity index (χ1) is 16.6. The maximum atomic E-state index is 12.6. The number of benzene rings is 2. The lowest BCUT2D eigenvalue weighted by molar-refractivity contribution is -0.138. The molecular weight excluding hydrogens is 450 g/mol. The van der Waals surface area contributed by atoms with Crippen molar-refractivity contribution >= 4 is 23.6 Å². The van der Waals surface area contributed by atoms with Crippen molar-refractivity contribution in [2.45, 2.75) is 24.9 Å². The topological polar surface area (TPSA) is 80.6 Å². The Morgan fingerprint density at radius 2 is 1.71 bits per heavy atom. The van der Waals surface area contributed by atoms with E-state index in [2.05, 4.69) is 10.2 Å². The highest BCUT2D eigenvalue weighted by atomic mass is 32.2. The van der Waals surface area contributed by atoms with E-state index in [0.717, 1.165) is 40.2 Å². The lowest BCUT2D eigenvalue weighted by Gasteiger charge is -2.34. The fourth-order valence-corrected chi connectivity index (χ4v) is 4.83. The van der Waals surface area contributed by atoms with Crippen molar-refractivity contribution in [2.75, 3.05) is 39.0 Å². The fourth-order valence-electron chi connectivity index (χ4n) is 3.94. The number of amides is 2. The Morgan fingerprint density at radius 3 is 2.41 bits per heavy atom. The van der Waals surface area contributed by atoms with Gasteiger partial charge in [-0.1, -0.05) is 42.1 Å². The molecule has 0 aliphatic carbocycles. The first-order valence-electron chi connectivity index (χ1n) is 11.4. The van der Waals surface area contributed by atoms with Gasteiger partial charge in [-0.3, -0.25) is 14.2 Å². The van der Waals surface area contributed by atoms with Gasteiger partial charge in [0.15, 0.2) is 11.0 Å². The first-order valence-corrected chi connectivity index (χ1v) is 12.4. The quantitative estimate of drug-likeness (QED) is 0.363. The highest BCUT2D eigenvalue weighted by Gasteiger charge is 2.22. The third-order valence-electron chi connectivity index (χ3n) is 5.82. The molecule has 0 spiro atoms. The number of methoxy groups -OCH3 is 1. The van der Waals surface area contributed by atoms with Gasteiger partial charge >= 0.3 is 0 Å². The maximum absolute atomic E-state index is 12.6. The molecule has 4 rings (SSSR count). The van der Waals surface area contributed by atoms with E-state index in [1.807, 2.05) is 64.1 Å². The number of hydrogen-bond acceptors (Lipinski definition) is 6. The van der Waals surface area contributed by atoms with E-state index in [4.69, 9.17) is 4.74 Å². The zero-order chi connectivity index (χ0) is 23.9. The molecule has 34 heavy (non-hydrogen) atoms. The second-order valence-electron chi connectivity index (χ2n) is 8.05. The molecular formula is C25H29N5O3S. The minimum atomic E-state index is 0.0688. The lowest BCUT2D eigenvalue weighted by atomic mass is 10.2. The molecule has 178 valence electrons. The maximum Gasteiger partial charge on any atom is 0.222 e. The molecule has 0 N–H and O–H groups in total. The molecule has 1 saturated heterocycles. The van der Waals surface area contributed by atoms with Crippen molar-refractivity contribution in [1.82, 2.24) is 24.6 Å². The van der Waals surface area contributed by atoms with Crippen molar-refractivity contribution in [2.24, 2.45) is 0 Å². The summed E-state index contributed by atoms with van der Waals surface area (Å²) in [5, 5.41) is 9.72. The molecule has 2 aromatic carbocycles. The summed E-state index contributed by atoms with van der Waals surface area (Å²) < 4.78 is 7.42. The summed E-state index contributed by atoms with van der Waals surface area (Å²) in [4.78, 5) is 27.7. The van der Waals surface area contributed by atoms with Crippen LogP contribution in [0.25, 0.3) is 17.1 Å². The van der Waals surface area contributed by atoms with Crippen LogP contribution >= 0.6 is 11.8 Å². The van der Waals surface area contributed by atoms with Crippen molar-refractivity contribution in [3.8, 4) is 22.8 Å². The second-order valence-corrected chi connectivity index (χ2v) is 9.11. The fraction of sp³-hybridized carbons (Fsp3) is 0.360. The SMILES string of the molecule is COc1cccc(-c2nnc(SCCCC(=O)N3CCN(C(C)=O)CC3)n2-c2ccccc2)c1. The molecule has 0 saturated carbocycles. The molecule has 1 aliphatic heterocycles. The van der Waals surface area contributed by atoms with Crippen molar-refractivity contribution in [1.29, 1.82) is 0 Å². The molecule has 9 heteroatoms. The molecule has 2 amide bonds. The number of thioether (sulfide) groups is 1. The largest absolute Gasteiger partial charge is 0.497 e. The van der Waals surface area contributed by atoms with Crippen LogP contribution in [0.3, 0.4) is 0 Å². The smallest absolute Gasteiger partial charge is 0.222 e. The lowest BCUT2D eigenvalue weighted by Crippen LogP contribution is -2.50. The zero-order valence-corrected chi connectivity index (χ0v) is 20.3. The normalized spacial score (nSPS) is 13.7. The van der Waals surface area contributed by atoms with Crippen LogP contribution < -0.4 is 4.74 Å².